The van der Waals surface area contributed by atoms with Gasteiger partial charge in [0.15, 0.2) is 16.8 Å². The smallest absolute Gasteiger partial charge is 0.410 e. The summed E-state index contributed by atoms with van der Waals surface area (Å²) in [5.41, 5.74) is 0.423. The van der Waals surface area contributed by atoms with Crippen LogP contribution in [-0.2, 0) is 17.8 Å². The van der Waals surface area contributed by atoms with Gasteiger partial charge in [0.25, 0.3) is 5.91 Å². The van der Waals surface area contributed by atoms with Crippen molar-refractivity contribution < 1.29 is 38.1 Å². The Balaban J connectivity index is 1.50. The van der Waals surface area contributed by atoms with Crippen LogP contribution in [0.1, 0.15) is 67.9 Å². The summed E-state index contributed by atoms with van der Waals surface area (Å²) < 4.78 is 32.6. The van der Waals surface area contributed by atoms with E-state index in [0.717, 1.165) is 24.2 Å². The summed E-state index contributed by atoms with van der Waals surface area (Å²) in [5.74, 6) is -0.0928. The van der Waals surface area contributed by atoms with E-state index in [1.807, 2.05) is 0 Å². The van der Waals surface area contributed by atoms with Crippen LogP contribution in [0.3, 0.4) is 0 Å². The number of rotatable bonds is 9. The molecule has 0 saturated heterocycles. The number of methoxy groups -OCH3 is 2. The molecule has 3 amide bonds. The summed E-state index contributed by atoms with van der Waals surface area (Å²) in [4.78, 5) is 48.3. The number of hydrogen-bond acceptors (Lipinski definition) is 10. The number of carbonyl (C=O) groups is 3. The lowest BCUT2D eigenvalue weighted by Gasteiger charge is -2.34. The first-order chi connectivity index (χ1) is 21.9. The first-order valence-corrected chi connectivity index (χ1v) is 15.6. The maximum absolute atomic E-state index is 16.4. The van der Waals surface area contributed by atoms with Crippen molar-refractivity contribution in [3.63, 3.8) is 0 Å². The van der Waals surface area contributed by atoms with Crippen LogP contribution in [0, 0.1) is 5.82 Å². The lowest BCUT2D eigenvalue weighted by atomic mass is 9.90. The Bertz CT molecular complexity index is 1640. The molecule has 1 aliphatic heterocycles. The maximum Gasteiger partial charge on any atom is 0.410 e. The predicted octanol–water partition coefficient (Wildman–Crippen LogP) is 5.86. The van der Waals surface area contributed by atoms with Gasteiger partial charge in [0, 0.05) is 36.0 Å². The minimum absolute atomic E-state index is 0.0390. The third kappa shape index (κ3) is 7.25. The third-order valence-corrected chi connectivity index (χ3v) is 8.60. The molecule has 246 valence electrons. The number of halogens is 1. The number of carboxylic acid groups (broad SMARTS) is 1. The molecule has 0 unspecified atom stereocenters. The molecule has 3 heterocycles. The van der Waals surface area contributed by atoms with Crippen molar-refractivity contribution >= 4 is 40.4 Å². The molecule has 2 aromatic heterocycles. The summed E-state index contributed by atoms with van der Waals surface area (Å²) in [6.07, 6.45) is 2.58. The van der Waals surface area contributed by atoms with Gasteiger partial charge in [-0.15, -0.1) is 0 Å². The fourth-order valence-electron chi connectivity index (χ4n) is 5.65. The first-order valence-electron chi connectivity index (χ1n) is 14.8. The van der Waals surface area contributed by atoms with Crippen LogP contribution in [0.2, 0.25) is 0 Å². The van der Waals surface area contributed by atoms with Crippen LogP contribution < -0.4 is 25.4 Å². The molecule has 0 bridgehead atoms. The summed E-state index contributed by atoms with van der Waals surface area (Å²) in [5, 5.41) is 17.6. The molecule has 2 aliphatic rings. The summed E-state index contributed by atoms with van der Waals surface area (Å²) in [7, 11) is 3.05. The van der Waals surface area contributed by atoms with Gasteiger partial charge in [-0.3, -0.25) is 10.1 Å². The van der Waals surface area contributed by atoms with Gasteiger partial charge in [-0.05, 0) is 45.7 Å². The van der Waals surface area contributed by atoms with Gasteiger partial charge in [0.05, 0.1) is 42.9 Å². The van der Waals surface area contributed by atoms with Crippen molar-refractivity contribution in [2.45, 2.75) is 77.2 Å². The van der Waals surface area contributed by atoms with Crippen LogP contribution in [0.4, 0.5) is 24.9 Å². The molecule has 2 atom stereocenters. The van der Waals surface area contributed by atoms with Gasteiger partial charge >= 0.3 is 12.2 Å². The molecule has 3 aromatic rings. The Hall–Kier alpha value is -4.66. The number of aromatic nitrogens is 2. The van der Waals surface area contributed by atoms with E-state index < -0.39 is 29.5 Å². The average molecular weight is 657 g/mol. The minimum atomic E-state index is -1.29. The molecule has 1 fully saturated rings. The van der Waals surface area contributed by atoms with Gasteiger partial charge in [-0.25, -0.2) is 23.9 Å². The molecule has 0 radical (unpaired) electrons. The molecule has 15 heteroatoms. The molecular formula is C31H37FN6O7S. The SMILES string of the molecule is COc1ccc(CN2Cc3c(F)c(N[C@@H]4CCCC[C@@H]4NC(=O)OC(C)(C)C)nc(-c4cnc(NC(=O)O)s4)c3C2=O)c(OC)c1. The number of amides is 3. The predicted molar refractivity (Wildman–Crippen MR) is 169 cm³/mol. The van der Waals surface area contributed by atoms with Gasteiger partial charge in [-0.1, -0.05) is 24.2 Å². The van der Waals surface area contributed by atoms with E-state index in [1.165, 1.54) is 25.3 Å². The highest BCUT2D eigenvalue weighted by atomic mass is 32.1. The molecule has 0 spiro atoms. The second-order valence-electron chi connectivity index (χ2n) is 12.1. The Morgan fingerprint density at radius 1 is 1.15 bits per heavy atom. The highest BCUT2D eigenvalue weighted by Gasteiger charge is 2.38. The van der Waals surface area contributed by atoms with Crippen LogP contribution >= 0.6 is 11.3 Å². The third-order valence-electron chi connectivity index (χ3n) is 7.68. The maximum atomic E-state index is 16.4. The van der Waals surface area contributed by atoms with Crippen LogP contribution in [0.15, 0.2) is 24.4 Å². The molecular weight excluding hydrogens is 619 g/mol. The number of hydrogen-bond donors (Lipinski definition) is 4. The van der Waals surface area contributed by atoms with Gasteiger partial charge in [-0.2, -0.15) is 0 Å². The molecule has 1 aliphatic carbocycles. The molecule has 13 nitrogen and oxygen atoms in total. The van der Waals surface area contributed by atoms with Crippen molar-refractivity contribution in [1.29, 1.82) is 0 Å². The summed E-state index contributed by atoms with van der Waals surface area (Å²) in [6, 6.07) is 4.53. The van der Waals surface area contributed by atoms with E-state index in [0.29, 0.717) is 34.8 Å². The number of alkyl carbamates (subject to hydrolysis) is 1. The van der Waals surface area contributed by atoms with Gasteiger partial charge < -0.3 is 34.9 Å². The molecule has 1 aromatic carbocycles. The number of ether oxygens (including phenoxy) is 3. The number of thiazole rings is 1. The number of carbonyl (C=O) groups excluding carboxylic acids is 2. The highest BCUT2D eigenvalue weighted by molar-refractivity contribution is 7.19. The van der Waals surface area contributed by atoms with E-state index in [-0.39, 0.29) is 52.9 Å². The minimum Gasteiger partial charge on any atom is -0.497 e. The Morgan fingerprint density at radius 2 is 1.89 bits per heavy atom. The lowest BCUT2D eigenvalue weighted by Crippen LogP contribution is -2.50. The second kappa shape index (κ2) is 13.4. The van der Waals surface area contributed by atoms with Crippen molar-refractivity contribution in [2.75, 3.05) is 24.9 Å². The number of nitrogens with one attached hydrogen (secondary N) is 3. The standard InChI is InChI=1S/C31H37FN6O7S/c1-31(2,3)45-30(42)35-20-9-7-6-8-19(20)34-26-24(32)18-15-38(14-16-10-11-17(43-4)12-21(16)44-5)27(39)23(18)25(36-26)22-13-33-28(46-22)37-29(40)41/h10-13,19-20H,6-9,14-15H2,1-5H3,(H,33,37)(H,34,36)(H,35,42)(H,40,41)/t19-,20+/m1/s1. The topological polar surface area (TPSA) is 164 Å². The van der Waals surface area contributed by atoms with Crippen LogP contribution in [-0.4, -0.2) is 70.0 Å². The van der Waals surface area contributed by atoms with Gasteiger partial charge in [0.2, 0.25) is 0 Å². The fourth-order valence-corrected chi connectivity index (χ4v) is 6.45. The van der Waals surface area contributed by atoms with Crippen molar-refractivity contribution in [3.05, 3.63) is 46.9 Å². The fraction of sp³-hybridized carbons (Fsp3) is 0.452. The monoisotopic (exact) mass is 656 g/mol. The number of fused-ring (bicyclic) bond motifs is 1. The first kappa shape index (κ1) is 32.7. The Labute approximate surface area is 269 Å². The average Bonchev–Trinajstić information content (AvgIpc) is 3.58. The highest BCUT2D eigenvalue weighted by Crippen LogP contribution is 2.40. The largest absolute Gasteiger partial charge is 0.497 e. The zero-order chi connectivity index (χ0) is 33.2. The van der Waals surface area contributed by atoms with E-state index in [1.54, 1.807) is 39.0 Å². The molecule has 1 saturated carbocycles. The quantitative estimate of drug-likeness (QED) is 0.219. The zero-order valence-corrected chi connectivity index (χ0v) is 27.0. The number of benzene rings is 1. The second-order valence-corrected chi connectivity index (χ2v) is 13.1. The Morgan fingerprint density at radius 3 is 2.57 bits per heavy atom. The number of pyridine rings is 1. The van der Waals surface area contributed by atoms with Crippen LogP contribution in [0.5, 0.6) is 11.5 Å². The zero-order valence-electron chi connectivity index (χ0n) is 26.2. The van der Waals surface area contributed by atoms with E-state index in [9.17, 15) is 14.4 Å². The van der Waals surface area contributed by atoms with E-state index >= 15 is 4.39 Å². The normalized spacial score (nSPS) is 17.7. The molecule has 4 N–H and O–H groups in total. The number of nitrogens with zero attached hydrogens (tertiary/aromatic N) is 3. The van der Waals surface area contributed by atoms with Crippen molar-refractivity contribution in [2.24, 2.45) is 0 Å². The van der Waals surface area contributed by atoms with Crippen LogP contribution in [0.25, 0.3) is 10.6 Å². The van der Waals surface area contributed by atoms with Crippen molar-refractivity contribution in [3.8, 4) is 22.1 Å². The summed E-state index contributed by atoms with van der Waals surface area (Å²) >= 11 is 0.979. The van der Waals surface area contributed by atoms with Crippen molar-refractivity contribution in [1.82, 2.24) is 20.2 Å². The molecule has 46 heavy (non-hydrogen) atoms. The number of anilines is 2. The van der Waals surface area contributed by atoms with E-state index in [4.69, 9.17) is 19.3 Å². The van der Waals surface area contributed by atoms with E-state index in [2.05, 4.69) is 25.9 Å². The Kier molecular flexibility index (Phi) is 9.51. The molecule has 5 rings (SSSR count). The lowest BCUT2D eigenvalue weighted by molar-refractivity contribution is 0.0488. The van der Waals surface area contributed by atoms with Gasteiger partial charge in [0.1, 0.15) is 17.1 Å². The summed E-state index contributed by atoms with van der Waals surface area (Å²) in [6.45, 7) is 5.42.